The number of carbonyl (C=O) groups excluding carboxylic acids is 1. The summed E-state index contributed by atoms with van der Waals surface area (Å²) in [5.41, 5.74) is 2.23. The molecule has 1 aliphatic heterocycles. The van der Waals surface area contributed by atoms with E-state index in [1.807, 2.05) is 38.2 Å². The molecule has 0 spiro atoms. The first-order chi connectivity index (χ1) is 12.1. The fraction of sp³-hybridized carbons (Fsp3) is 0.474. The van der Waals surface area contributed by atoms with Gasteiger partial charge in [-0.25, -0.2) is 4.79 Å². The SMILES string of the molecule is C[C@@H](NC(=O)Nc1cc(C2CCC2)nn1C)[C@H]1COc2ccccc21. The minimum atomic E-state index is -0.208. The van der Waals surface area contributed by atoms with Crippen LogP contribution in [0, 0.1) is 0 Å². The van der Waals surface area contributed by atoms with Crippen LogP contribution in [0.25, 0.3) is 0 Å². The summed E-state index contributed by atoms with van der Waals surface area (Å²) in [4.78, 5) is 12.4. The number of rotatable bonds is 4. The van der Waals surface area contributed by atoms with Crippen molar-refractivity contribution in [1.82, 2.24) is 15.1 Å². The molecule has 0 bridgehead atoms. The number of amides is 2. The smallest absolute Gasteiger partial charge is 0.320 e. The number of carbonyl (C=O) groups is 1. The summed E-state index contributed by atoms with van der Waals surface area (Å²) in [6, 6.07) is 9.76. The van der Waals surface area contributed by atoms with Crippen molar-refractivity contribution in [2.75, 3.05) is 11.9 Å². The largest absolute Gasteiger partial charge is 0.493 e. The summed E-state index contributed by atoms with van der Waals surface area (Å²) in [5, 5.41) is 10.5. The first kappa shape index (κ1) is 16.0. The standard InChI is InChI=1S/C19H24N4O2/c1-12(15-11-25-17-9-4-3-8-14(15)17)20-19(24)21-18-10-16(22-23(18)2)13-6-5-7-13/h3-4,8-10,12-13,15H,5-7,11H2,1-2H3,(H2,20,21,24)/t12-,15-/m1/s1. The molecule has 4 rings (SSSR count). The number of anilines is 1. The van der Waals surface area contributed by atoms with Gasteiger partial charge in [-0.2, -0.15) is 5.10 Å². The van der Waals surface area contributed by atoms with Gasteiger partial charge in [0.05, 0.1) is 12.3 Å². The van der Waals surface area contributed by atoms with Crippen LogP contribution in [0.2, 0.25) is 0 Å². The lowest BCUT2D eigenvalue weighted by atomic mass is 9.83. The van der Waals surface area contributed by atoms with E-state index in [1.165, 1.54) is 19.3 Å². The predicted molar refractivity (Wildman–Crippen MR) is 96.1 cm³/mol. The Kier molecular flexibility index (Phi) is 4.11. The van der Waals surface area contributed by atoms with Crippen molar-refractivity contribution >= 4 is 11.8 Å². The molecule has 2 aromatic rings. The van der Waals surface area contributed by atoms with Crippen LogP contribution < -0.4 is 15.4 Å². The first-order valence-electron chi connectivity index (χ1n) is 8.95. The topological polar surface area (TPSA) is 68.2 Å². The minimum absolute atomic E-state index is 0.0250. The number of fused-ring (bicyclic) bond motifs is 1. The van der Waals surface area contributed by atoms with Gasteiger partial charge in [0.1, 0.15) is 11.6 Å². The van der Waals surface area contributed by atoms with Gasteiger partial charge in [0, 0.05) is 36.6 Å². The molecule has 2 amide bonds. The van der Waals surface area contributed by atoms with Gasteiger partial charge >= 0.3 is 6.03 Å². The van der Waals surface area contributed by atoms with Crippen molar-refractivity contribution < 1.29 is 9.53 Å². The molecule has 25 heavy (non-hydrogen) atoms. The summed E-state index contributed by atoms with van der Waals surface area (Å²) < 4.78 is 7.46. The van der Waals surface area contributed by atoms with E-state index in [0.29, 0.717) is 12.5 Å². The number of urea groups is 1. The van der Waals surface area contributed by atoms with E-state index in [-0.39, 0.29) is 18.0 Å². The minimum Gasteiger partial charge on any atom is -0.493 e. The van der Waals surface area contributed by atoms with Crippen LogP contribution in [-0.4, -0.2) is 28.5 Å². The zero-order valence-electron chi connectivity index (χ0n) is 14.7. The molecule has 6 nitrogen and oxygen atoms in total. The molecule has 1 aromatic carbocycles. The Labute approximate surface area is 147 Å². The molecule has 0 unspecified atom stereocenters. The Morgan fingerprint density at radius 3 is 2.92 bits per heavy atom. The average Bonchev–Trinajstić information content (AvgIpc) is 3.10. The van der Waals surface area contributed by atoms with Crippen LogP contribution in [-0.2, 0) is 7.05 Å². The summed E-state index contributed by atoms with van der Waals surface area (Å²) in [6.45, 7) is 2.61. The highest BCUT2D eigenvalue weighted by atomic mass is 16.5. The van der Waals surface area contributed by atoms with Gasteiger partial charge in [-0.05, 0) is 25.8 Å². The number of nitrogens with zero attached hydrogens (tertiary/aromatic N) is 2. The number of ether oxygens (including phenoxy) is 1. The van der Waals surface area contributed by atoms with Crippen molar-refractivity contribution in [1.29, 1.82) is 0 Å². The number of hydrogen-bond acceptors (Lipinski definition) is 3. The molecule has 1 fully saturated rings. The van der Waals surface area contributed by atoms with Crippen molar-refractivity contribution in [2.24, 2.45) is 7.05 Å². The lowest BCUT2D eigenvalue weighted by Gasteiger charge is -2.22. The maximum Gasteiger partial charge on any atom is 0.320 e. The Balaban J connectivity index is 1.38. The molecule has 1 aliphatic carbocycles. The zero-order chi connectivity index (χ0) is 17.4. The highest BCUT2D eigenvalue weighted by Gasteiger charge is 2.30. The van der Waals surface area contributed by atoms with Crippen LogP contribution in [0.1, 0.15) is 49.3 Å². The molecule has 132 valence electrons. The number of benzene rings is 1. The van der Waals surface area contributed by atoms with Crippen molar-refractivity contribution in [3.05, 3.63) is 41.6 Å². The third-order valence-corrected chi connectivity index (χ3v) is 5.36. The predicted octanol–water partition coefficient (Wildman–Crippen LogP) is 3.37. The zero-order valence-corrected chi connectivity index (χ0v) is 14.7. The van der Waals surface area contributed by atoms with Gasteiger partial charge in [0.25, 0.3) is 0 Å². The van der Waals surface area contributed by atoms with Crippen LogP contribution in [0.15, 0.2) is 30.3 Å². The fourth-order valence-electron chi connectivity index (χ4n) is 3.57. The number of nitrogens with one attached hydrogen (secondary N) is 2. The molecule has 6 heteroatoms. The molecule has 2 N–H and O–H groups in total. The Bertz CT molecular complexity index is 781. The number of aryl methyl sites for hydroxylation is 1. The third kappa shape index (κ3) is 3.08. The van der Waals surface area contributed by atoms with E-state index < -0.39 is 0 Å². The van der Waals surface area contributed by atoms with Gasteiger partial charge in [0.15, 0.2) is 0 Å². The van der Waals surface area contributed by atoms with Crippen molar-refractivity contribution in [3.8, 4) is 5.75 Å². The van der Waals surface area contributed by atoms with Crippen LogP contribution in [0.4, 0.5) is 10.6 Å². The lowest BCUT2D eigenvalue weighted by molar-refractivity contribution is 0.244. The number of hydrogen-bond donors (Lipinski definition) is 2. The summed E-state index contributed by atoms with van der Waals surface area (Å²) >= 11 is 0. The van der Waals surface area contributed by atoms with Gasteiger partial charge in [-0.3, -0.25) is 10.00 Å². The maximum absolute atomic E-state index is 12.4. The van der Waals surface area contributed by atoms with E-state index in [0.717, 1.165) is 22.8 Å². The first-order valence-corrected chi connectivity index (χ1v) is 8.95. The fourth-order valence-corrected chi connectivity index (χ4v) is 3.57. The maximum atomic E-state index is 12.4. The highest BCUT2D eigenvalue weighted by Crippen LogP contribution is 2.37. The number of aromatic nitrogens is 2. The summed E-state index contributed by atoms with van der Waals surface area (Å²) in [6.07, 6.45) is 3.66. The van der Waals surface area contributed by atoms with E-state index in [1.54, 1.807) is 4.68 Å². The molecular weight excluding hydrogens is 316 g/mol. The van der Waals surface area contributed by atoms with Gasteiger partial charge in [-0.15, -0.1) is 0 Å². The molecule has 1 aromatic heterocycles. The average molecular weight is 340 g/mol. The van der Waals surface area contributed by atoms with Crippen LogP contribution in [0.5, 0.6) is 5.75 Å². The Morgan fingerprint density at radius 2 is 2.16 bits per heavy atom. The monoisotopic (exact) mass is 340 g/mol. The molecule has 0 radical (unpaired) electrons. The van der Waals surface area contributed by atoms with Crippen molar-refractivity contribution in [2.45, 2.75) is 44.1 Å². The second-order valence-electron chi connectivity index (χ2n) is 7.05. The second kappa shape index (κ2) is 6.43. The molecule has 0 saturated heterocycles. The Morgan fingerprint density at radius 1 is 1.36 bits per heavy atom. The quantitative estimate of drug-likeness (QED) is 0.896. The molecular formula is C19H24N4O2. The summed E-state index contributed by atoms with van der Waals surface area (Å²) in [7, 11) is 1.86. The van der Waals surface area contributed by atoms with Crippen LogP contribution >= 0.6 is 0 Å². The van der Waals surface area contributed by atoms with Crippen LogP contribution in [0.3, 0.4) is 0 Å². The third-order valence-electron chi connectivity index (χ3n) is 5.36. The lowest BCUT2D eigenvalue weighted by Crippen LogP contribution is -2.40. The van der Waals surface area contributed by atoms with Crippen molar-refractivity contribution in [3.63, 3.8) is 0 Å². The molecule has 2 heterocycles. The van der Waals surface area contributed by atoms with Gasteiger partial charge < -0.3 is 10.1 Å². The van der Waals surface area contributed by atoms with E-state index in [4.69, 9.17) is 4.74 Å². The normalized spacial score (nSPS) is 20.3. The second-order valence-corrected chi connectivity index (χ2v) is 7.05. The number of para-hydroxylation sites is 1. The summed E-state index contributed by atoms with van der Waals surface area (Å²) in [5.74, 6) is 2.36. The van der Waals surface area contributed by atoms with Gasteiger partial charge in [-0.1, -0.05) is 24.6 Å². The Hall–Kier alpha value is -2.50. The van der Waals surface area contributed by atoms with E-state index >= 15 is 0 Å². The molecule has 2 aliphatic rings. The highest BCUT2D eigenvalue weighted by molar-refractivity contribution is 5.88. The molecule has 1 saturated carbocycles. The van der Waals surface area contributed by atoms with E-state index in [9.17, 15) is 4.79 Å². The molecule has 2 atom stereocenters. The van der Waals surface area contributed by atoms with Gasteiger partial charge in [0.2, 0.25) is 0 Å². The van der Waals surface area contributed by atoms with E-state index in [2.05, 4.69) is 21.8 Å².